The van der Waals surface area contributed by atoms with Crippen LogP contribution < -0.4 is 0 Å². The van der Waals surface area contributed by atoms with Crippen LogP contribution in [-0.2, 0) is 24.0 Å². The molecule has 0 fully saturated rings. The lowest BCUT2D eigenvalue weighted by Crippen LogP contribution is -2.32. The molecule has 1 heterocycles. The molecule has 5 aromatic carbocycles. The first-order valence-electron chi connectivity index (χ1n) is 13.9. The molecule has 0 radical (unpaired) electrons. The molecule has 0 saturated carbocycles. The summed E-state index contributed by atoms with van der Waals surface area (Å²) in [6.07, 6.45) is 1.74. The number of benzene rings is 5. The average Bonchev–Trinajstić information content (AvgIpc) is 3.42. The molecule has 0 saturated heterocycles. The summed E-state index contributed by atoms with van der Waals surface area (Å²) in [4.78, 5) is 13.7. The highest BCUT2D eigenvalue weighted by Crippen LogP contribution is 2.42. The van der Waals surface area contributed by atoms with Gasteiger partial charge in [-0.1, -0.05) is 121 Å². The Morgan fingerprint density at radius 1 is 0.767 bits per heavy atom. The largest absolute Gasteiger partial charge is 0.356 e. The highest BCUT2D eigenvalue weighted by Gasteiger charge is 2.38. The zero-order valence-corrected chi connectivity index (χ0v) is 24.2. The molecule has 0 aliphatic heterocycles. The van der Waals surface area contributed by atoms with Gasteiger partial charge < -0.3 is 4.74 Å². The third-order valence-electron chi connectivity index (χ3n) is 7.60. The summed E-state index contributed by atoms with van der Waals surface area (Å²) in [5, 5.41) is 4.92. The maximum atomic E-state index is 14.7. The third-order valence-corrected chi connectivity index (χ3v) is 7.83. The Morgan fingerprint density at radius 2 is 1.30 bits per heavy atom. The van der Waals surface area contributed by atoms with E-state index in [-0.39, 0.29) is 17.7 Å². The predicted molar refractivity (Wildman–Crippen MR) is 167 cm³/mol. The Kier molecular flexibility index (Phi) is 8.01. The van der Waals surface area contributed by atoms with Gasteiger partial charge >= 0.3 is 0 Å². The van der Waals surface area contributed by atoms with Gasteiger partial charge in [-0.15, -0.1) is 0 Å². The van der Waals surface area contributed by atoms with E-state index in [1.54, 1.807) is 41.2 Å². The first kappa shape index (κ1) is 28.3. The molecule has 0 aliphatic carbocycles. The van der Waals surface area contributed by atoms with E-state index in [4.69, 9.17) is 16.3 Å². The monoisotopic (exact) mass is 586 g/mol. The summed E-state index contributed by atoms with van der Waals surface area (Å²) in [7, 11) is 1.81. The van der Waals surface area contributed by atoms with Crippen molar-refractivity contribution in [2.75, 3.05) is 0 Å². The van der Waals surface area contributed by atoms with E-state index in [0.29, 0.717) is 16.3 Å². The first-order chi connectivity index (χ1) is 21.0. The normalized spacial score (nSPS) is 11.4. The van der Waals surface area contributed by atoms with Crippen LogP contribution in [0.5, 0.6) is 0 Å². The second-order valence-corrected chi connectivity index (χ2v) is 10.6. The first-order valence-corrected chi connectivity index (χ1v) is 14.3. The van der Waals surface area contributed by atoms with Gasteiger partial charge in [-0.3, -0.25) is 9.48 Å². The van der Waals surface area contributed by atoms with Crippen molar-refractivity contribution in [2.24, 2.45) is 7.05 Å². The van der Waals surface area contributed by atoms with Gasteiger partial charge in [0.1, 0.15) is 11.4 Å². The van der Waals surface area contributed by atoms with Gasteiger partial charge in [-0.2, -0.15) is 5.10 Å². The highest BCUT2D eigenvalue weighted by molar-refractivity contribution is 6.31. The minimum Gasteiger partial charge on any atom is -0.356 e. The van der Waals surface area contributed by atoms with Gasteiger partial charge in [0.05, 0.1) is 24.1 Å². The number of nitrogens with zero attached hydrogens (tertiary/aromatic N) is 2. The molecule has 1 aromatic heterocycles. The van der Waals surface area contributed by atoms with E-state index in [0.717, 1.165) is 22.3 Å². The molecule has 0 spiro atoms. The Morgan fingerprint density at radius 3 is 1.86 bits per heavy atom. The number of halogens is 2. The van der Waals surface area contributed by atoms with Crippen molar-refractivity contribution < 1.29 is 13.9 Å². The van der Waals surface area contributed by atoms with Crippen molar-refractivity contribution in [3.05, 3.63) is 184 Å². The summed E-state index contributed by atoms with van der Waals surface area (Å²) in [6, 6.07) is 41.4. The van der Waals surface area contributed by atoms with E-state index in [9.17, 15) is 9.18 Å². The number of carbonyl (C=O) groups excluding carboxylic acids is 1. The number of hydrogen-bond donors (Lipinski definition) is 0. The van der Waals surface area contributed by atoms with E-state index < -0.39 is 17.2 Å². The van der Waals surface area contributed by atoms with Crippen LogP contribution in [0.3, 0.4) is 0 Å². The summed E-state index contributed by atoms with van der Waals surface area (Å²) in [5.41, 5.74) is 4.26. The molecule has 0 amide bonds. The highest BCUT2D eigenvalue weighted by atomic mass is 35.5. The number of hydrogen-bond acceptors (Lipinski definition) is 3. The van der Waals surface area contributed by atoms with Crippen LogP contribution in [0.2, 0.25) is 5.02 Å². The van der Waals surface area contributed by atoms with Crippen molar-refractivity contribution in [1.29, 1.82) is 0 Å². The van der Waals surface area contributed by atoms with Gasteiger partial charge in [0.25, 0.3) is 0 Å². The van der Waals surface area contributed by atoms with Crippen molar-refractivity contribution in [2.45, 2.75) is 12.2 Å². The van der Waals surface area contributed by atoms with E-state index in [1.807, 2.05) is 61.6 Å². The fourth-order valence-corrected chi connectivity index (χ4v) is 5.76. The Bertz CT molecular complexity index is 1780. The molecule has 43 heavy (non-hydrogen) atoms. The Labute approximate surface area is 255 Å². The predicted octanol–water partition coefficient (Wildman–Crippen LogP) is 8.62. The van der Waals surface area contributed by atoms with Crippen molar-refractivity contribution in [3.8, 4) is 11.3 Å². The smallest absolute Gasteiger partial charge is 0.196 e. The van der Waals surface area contributed by atoms with Gasteiger partial charge in [0.15, 0.2) is 5.78 Å². The zero-order chi connectivity index (χ0) is 29.8. The van der Waals surface area contributed by atoms with E-state index >= 15 is 0 Å². The molecular weight excluding hydrogens is 559 g/mol. The molecule has 0 aliphatic rings. The Balaban J connectivity index is 1.48. The van der Waals surface area contributed by atoms with E-state index in [1.165, 1.54) is 12.1 Å². The molecule has 0 N–H and O–H groups in total. The van der Waals surface area contributed by atoms with Crippen LogP contribution in [0, 0.1) is 5.82 Å². The lowest BCUT2D eigenvalue weighted by molar-refractivity contribution is 0.000437. The number of ketones is 1. The molecule has 4 nitrogen and oxygen atoms in total. The van der Waals surface area contributed by atoms with Crippen LogP contribution in [0.1, 0.15) is 38.2 Å². The average molecular weight is 587 g/mol. The number of aromatic nitrogens is 2. The molecule has 6 rings (SSSR count). The fraction of sp³-hybridized carbons (Fsp3) is 0.0811. The molecule has 6 aromatic rings. The van der Waals surface area contributed by atoms with Gasteiger partial charge in [-0.05, 0) is 41.0 Å². The molecular formula is C37H28ClFN2O2. The van der Waals surface area contributed by atoms with Crippen molar-refractivity contribution in [3.63, 3.8) is 0 Å². The summed E-state index contributed by atoms with van der Waals surface area (Å²) in [5.74, 6) is -1.05. The SMILES string of the molecule is Cn1ncc(COC(c2ccccc2)(c2ccccc2)c2ccccc2)c1-c1ccc(Cl)cc1C(=O)c1ccccc1F. The third kappa shape index (κ3) is 5.41. The fourth-order valence-electron chi connectivity index (χ4n) is 5.59. The lowest BCUT2D eigenvalue weighted by Gasteiger charge is -2.36. The minimum atomic E-state index is -0.942. The van der Waals surface area contributed by atoms with Crippen LogP contribution in [-0.4, -0.2) is 15.6 Å². The number of aryl methyl sites for hydroxylation is 1. The molecule has 0 atom stereocenters. The van der Waals surface area contributed by atoms with Gasteiger partial charge in [-0.25, -0.2) is 4.39 Å². The zero-order valence-electron chi connectivity index (χ0n) is 23.5. The standard InChI is InChI=1S/C37H28ClFN2O2/c1-41-35(31-22-21-30(38)23-33(31)36(42)32-19-11-12-20-34(32)39)26(24-40-41)25-43-37(27-13-5-2-6-14-27,28-15-7-3-8-16-28)29-17-9-4-10-18-29/h2-24H,25H2,1H3. The number of carbonyl (C=O) groups is 1. The second kappa shape index (κ2) is 12.2. The maximum Gasteiger partial charge on any atom is 0.196 e. The summed E-state index contributed by atoms with van der Waals surface area (Å²) < 4.78 is 23.5. The van der Waals surface area contributed by atoms with Crippen molar-refractivity contribution in [1.82, 2.24) is 9.78 Å². The molecule has 212 valence electrons. The Hall–Kier alpha value is -4.84. The van der Waals surface area contributed by atoms with Crippen LogP contribution in [0.4, 0.5) is 4.39 Å². The van der Waals surface area contributed by atoms with Gasteiger partial charge in [0.2, 0.25) is 0 Å². The van der Waals surface area contributed by atoms with E-state index in [2.05, 4.69) is 41.5 Å². The summed E-state index contributed by atoms with van der Waals surface area (Å²) >= 11 is 6.36. The second-order valence-electron chi connectivity index (χ2n) is 10.2. The number of ether oxygens (including phenoxy) is 1. The quantitative estimate of drug-likeness (QED) is 0.126. The molecule has 0 unspecified atom stereocenters. The van der Waals surface area contributed by atoms with Crippen LogP contribution in [0.25, 0.3) is 11.3 Å². The minimum absolute atomic E-state index is 0.0257. The van der Waals surface area contributed by atoms with Crippen molar-refractivity contribution >= 4 is 17.4 Å². The van der Waals surface area contributed by atoms with Crippen LogP contribution >= 0.6 is 11.6 Å². The molecule has 0 bridgehead atoms. The van der Waals surface area contributed by atoms with Gasteiger partial charge in [0, 0.05) is 28.8 Å². The number of rotatable bonds is 9. The van der Waals surface area contributed by atoms with Crippen LogP contribution in [0.15, 0.2) is 140 Å². The molecule has 6 heteroatoms. The topological polar surface area (TPSA) is 44.1 Å². The maximum absolute atomic E-state index is 14.7. The lowest BCUT2D eigenvalue weighted by atomic mass is 9.80. The summed E-state index contributed by atoms with van der Waals surface area (Å²) in [6.45, 7) is 0.164.